The summed E-state index contributed by atoms with van der Waals surface area (Å²) in [6.45, 7) is 5.24. The Balaban J connectivity index is 3.69. The lowest BCUT2D eigenvalue weighted by atomic mass is 10.0. The van der Waals surface area contributed by atoms with E-state index in [1.165, 1.54) is 6.92 Å². The van der Waals surface area contributed by atoms with E-state index in [2.05, 4.69) is 0 Å². The fourth-order valence-corrected chi connectivity index (χ4v) is 0.600. The van der Waals surface area contributed by atoms with Gasteiger partial charge in [-0.05, 0) is 20.8 Å². The molecule has 0 aliphatic carbocycles. The van der Waals surface area contributed by atoms with Crippen LogP contribution in [-0.4, -0.2) is 34.5 Å². The molecular formula is C8H16O4. The summed E-state index contributed by atoms with van der Waals surface area (Å²) in [5.74, 6) is -1.21. The molecule has 0 rings (SSSR count). The second-order valence-electron chi connectivity index (χ2n) is 3.25. The van der Waals surface area contributed by atoms with Crippen molar-refractivity contribution in [3.05, 3.63) is 0 Å². The molecule has 4 nitrogen and oxygen atoms in total. The van der Waals surface area contributed by atoms with Gasteiger partial charge in [-0.3, -0.25) is 0 Å². The Labute approximate surface area is 72.2 Å². The summed E-state index contributed by atoms with van der Waals surface area (Å²) in [5, 5.41) is 17.7. The molecule has 0 radical (unpaired) electrons. The zero-order valence-corrected chi connectivity index (χ0v) is 7.70. The molecule has 0 aromatic heterocycles. The number of aliphatic carboxylic acids is 1. The molecule has 0 amide bonds. The van der Waals surface area contributed by atoms with E-state index in [-0.39, 0.29) is 19.1 Å². The maximum atomic E-state index is 10.4. The second-order valence-corrected chi connectivity index (χ2v) is 3.25. The van der Waals surface area contributed by atoms with Crippen molar-refractivity contribution >= 4 is 5.97 Å². The van der Waals surface area contributed by atoms with Crippen LogP contribution in [0.1, 0.15) is 27.2 Å². The Morgan fingerprint density at radius 3 is 2.42 bits per heavy atom. The van der Waals surface area contributed by atoms with Crippen LogP contribution < -0.4 is 0 Å². The molecule has 0 spiro atoms. The first-order valence-electron chi connectivity index (χ1n) is 3.93. The lowest BCUT2D eigenvalue weighted by Gasteiger charge is -2.18. The molecule has 0 aliphatic heterocycles. The van der Waals surface area contributed by atoms with Crippen molar-refractivity contribution in [2.45, 2.75) is 38.9 Å². The minimum Gasteiger partial charge on any atom is -0.479 e. The van der Waals surface area contributed by atoms with Gasteiger partial charge in [-0.2, -0.15) is 0 Å². The summed E-state index contributed by atoms with van der Waals surface area (Å²) >= 11 is 0. The van der Waals surface area contributed by atoms with Gasteiger partial charge in [0.1, 0.15) is 0 Å². The summed E-state index contributed by atoms with van der Waals surface area (Å²) < 4.78 is 5.10. The average molecular weight is 176 g/mol. The number of ether oxygens (including phenoxy) is 1. The van der Waals surface area contributed by atoms with Gasteiger partial charge in [-0.15, -0.1) is 0 Å². The van der Waals surface area contributed by atoms with Crippen molar-refractivity contribution in [3.63, 3.8) is 0 Å². The molecule has 0 aliphatic rings. The average Bonchev–Trinajstić information content (AvgIpc) is 1.85. The summed E-state index contributed by atoms with van der Waals surface area (Å²) in [4.78, 5) is 10.4. The predicted octanol–water partition coefficient (Wildman–Crippen LogP) is 0.637. The second kappa shape index (κ2) is 4.42. The van der Waals surface area contributed by atoms with E-state index in [1.807, 2.05) is 13.8 Å². The Hall–Kier alpha value is -0.610. The first-order chi connectivity index (χ1) is 5.36. The van der Waals surface area contributed by atoms with Gasteiger partial charge in [0.25, 0.3) is 0 Å². The molecule has 4 heteroatoms. The third-order valence-electron chi connectivity index (χ3n) is 1.50. The lowest BCUT2D eigenvalue weighted by molar-refractivity contribution is -0.158. The van der Waals surface area contributed by atoms with Crippen LogP contribution >= 0.6 is 0 Å². The lowest BCUT2D eigenvalue weighted by Crippen LogP contribution is -2.36. The van der Waals surface area contributed by atoms with E-state index in [1.54, 1.807) is 0 Å². The Kier molecular flexibility index (Phi) is 4.20. The number of carboxylic acids is 1. The molecule has 0 bridgehead atoms. The zero-order valence-electron chi connectivity index (χ0n) is 7.70. The van der Waals surface area contributed by atoms with Gasteiger partial charge < -0.3 is 14.9 Å². The Morgan fingerprint density at radius 2 is 2.08 bits per heavy atom. The first kappa shape index (κ1) is 11.4. The first-order valence-corrected chi connectivity index (χ1v) is 3.93. The van der Waals surface area contributed by atoms with Crippen LogP contribution in [0, 0.1) is 0 Å². The van der Waals surface area contributed by atoms with Crippen LogP contribution in [0.2, 0.25) is 0 Å². The van der Waals surface area contributed by atoms with Crippen molar-refractivity contribution in [2.75, 3.05) is 6.61 Å². The fraction of sp³-hybridized carbons (Fsp3) is 0.875. The molecule has 0 heterocycles. The summed E-state index contributed by atoms with van der Waals surface area (Å²) in [6.07, 6.45) is 0.176. The van der Waals surface area contributed by atoms with Gasteiger partial charge in [0.2, 0.25) is 0 Å². The fourth-order valence-electron chi connectivity index (χ4n) is 0.600. The van der Waals surface area contributed by atoms with Crippen LogP contribution in [0.25, 0.3) is 0 Å². The quantitative estimate of drug-likeness (QED) is 0.645. The van der Waals surface area contributed by atoms with E-state index in [4.69, 9.17) is 9.84 Å². The molecule has 0 aromatic carbocycles. The third-order valence-corrected chi connectivity index (χ3v) is 1.50. The summed E-state index contributed by atoms with van der Waals surface area (Å²) in [5.41, 5.74) is -1.67. The van der Waals surface area contributed by atoms with E-state index in [0.29, 0.717) is 0 Å². The normalized spacial score (nSPS) is 16.1. The van der Waals surface area contributed by atoms with Crippen molar-refractivity contribution in [1.82, 2.24) is 0 Å². The van der Waals surface area contributed by atoms with Gasteiger partial charge in [-0.1, -0.05) is 0 Å². The van der Waals surface area contributed by atoms with Gasteiger partial charge in [0.05, 0.1) is 12.7 Å². The van der Waals surface area contributed by atoms with Crippen molar-refractivity contribution < 1.29 is 19.7 Å². The molecule has 2 N–H and O–H groups in total. The maximum absolute atomic E-state index is 10.4. The number of rotatable bonds is 5. The highest BCUT2D eigenvalue weighted by Crippen LogP contribution is 2.09. The van der Waals surface area contributed by atoms with E-state index >= 15 is 0 Å². The van der Waals surface area contributed by atoms with Crippen molar-refractivity contribution in [1.29, 1.82) is 0 Å². The maximum Gasteiger partial charge on any atom is 0.335 e. The molecule has 72 valence electrons. The summed E-state index contributed by atoms with van der Waals surface area (Å²) in [6, 6.07) is 0. The highest BCUT2D eigenvalue weighted by molar-refractivity contribution is 5.76. The highest BCUT2D eigenvalue weighted by atomic mass is 16.5. The highest BCUT2D eigenvalue weighted by Gasteiger charge is 2.29. The van der Waals surface area contributed by atoms with Crippen LogP contribution in [-0.2, 0) is 9.53 Å². The largest absolute Gasteiger partial charge is 0.479 e. The Morgan fingerprint density at radius 1 is 1.58 bits per heavy atom. The molecular weight excluding hydrogens is 160 g/mol. The Bertz CT molecular complexity index is 151. The van der Waals surface area contributed by atoms with Crippen LogP contribution in [0.5, 0.6) is 0 Å². The number of aliphatic hydroxyl groups is 1. The SMILES string of the molecule is CC(C)OCCC(C)(O)C(=O)O. The van der Waals surface area contributed by atoms with Gasteiger partial charge in [-0.25, -0.2) is 4.79 Å². The topological polar surface area (TPSA) is 66.8 Å². The molecule has 1 unspecified atom stereocenters. The smallest absolute Gasteiger partial charge is 0.335 e. The molecule has 0 fully saturated rings. The third kappa shape index (κ3) is 4.31. The van der Waals surface area contributed by atoms with Crippen molar-refractivity contribution in [2.24, 2.45) is 0 Å². The standard InChI is InChI=1S/C8H16O4/c1-6(2)12-5-4-8(3,11)7(9)10/h6,11H,4-5H2,1-3H3,(H,9,10). The van der Waals surface area contributed by atoms with E-state index in [9.17, 15) is 9.90 Å². The van der Waals surface area contributed by atoms with E-state index in [0.717, 1.165) is 0 Å². The van der Waals surface area contributed by atoms with Gasteiger partial charge in [0.15, 0.2) is 5.60 Å². The minimum atomic E-state index is -1.67. The molecule has 0 saturated heterocycles. The minimum absolute atomic E-state index is 0.0644. The molecule has 1 atom stereocenters. The molecule has 12 heavy (non-hydrogen) atoms. The number of carbonyl (C=O) groups is 1. The molecule has 0 aromatic rings. The van der Waals surface area contributed by atoms with Crippen LogP contribution in [0.3, 0.4) is 0 Å². The van der Waals surface area contributed by atoms with Gasteiger partial charge >= 0.3 is 5.97 Å². The number of carboxylic acid groups (broad SMARTS) is 1. The van der Waals surface area contributed by atoms with Gasteiger partial charge in [0, 0.05) is 6.42 Å². The van der Waals surface area contributed by atoms with Crippen LogP contribution in [0.15, 0.2) is 0 Å². The van der Waals surface area contributed by atoms with E-state index < -0.39 is 11.6 Å². The van der Waals surface area contributed by atoms with Crippen molar-refractivity contribution in [3.8, 4) is 0 Å². The monoisotopic (exact) mass is 176 g/mol. The predicted molar refractivity (Wildman–Crippen MR) is 44.0 cm³/mol. The number of hydrogen-bond acceptors (Lipinski definition) is 3. The summed E-state index contributed by atoms with van der Waals surface area (Å²) in [7, 11) is 0. The van der Waals surface area contributed by atoms with Crippen LogP contribution in [0.4, 0.5) is 0 Å². The molecule has 0 saturated carbocycles. The number of hydrogen-bond donors (Lipinski definition) is 2. The zero-order chi connectivity index (χ0) is 9.78.